The summed E-state index contributed by atoms with van der Waals surface area (Å²) < 4.78 is 0. The normalized spacial score (nSPS) is 27.5. The predicted molar refractivity (Wildman–Crippen MR) is 69.0 cm³/mol. The highest BCUT2D eigenvalue weighted by atomic mass is 15.4. The van der Waals surface area contributed by atoms with Crippen molar-refractivity contribution in [2.75, 3.05) is 13.1 Å². The van der Waals surface area contributed by atoms with Crippen LogP contribution in [-0.2, 0) is 5.54 Å². The molecule has 0 saturated heterocycles. The summed E-state index contributed by atoms with van der Waals surface area (Å²) in [6, 6.07) is 10.2. The molecule has 3 rings (SSSR count). The molecule has 0 aromatic heterocycles. The number of amidine groups is 1. The number of fused-ring (bicyclic) bond motifs is 1. The van der Waals surface area contributed by atoms with E-state index in [0.717, 1.165) is 30.9 Å². The van der Waals surface area contributed by atoms with E-state index in [1.807, 2.05) is 23.1 Å². The third-order valence-corrected chi connectivity index (χ3v) is 3.44. The topological polar surface area (TPSA) is 54.0 Å². The van der Waals surface area contributed by atoms with Crippen molar-refractivity contribution in [1.29, 1.82) is 0 Å². The zero-order valence-electron chi connectivity index (χ0n) is 9.93. The van der Waals surface area contributed by atoms with Gasteiger partial charge in [-0.3, -0.25) is 9.89 Å². The Morgan fingerprint density at radius 1 is 1.29 bits per heavy atom. The molecule has 0 radical (unpaired) electrons. The highest BCUT2D eigenvalue weighted by Crippen LogP contribution is 2.34. The van der Waals surface area contributed by atoms with E-state index in [9.17, 15) is 0 Å². The lowest BCUT2D eigenvalue weighted by Gasteiger charge is -2.29. The second-order valence-corrected chi connectivity index (χ2v) is 4.62. The molecule has 0 saturated carbocycles. The molecule has 2 heterocycles. The zero-order chi connectivity index (χ0) is 11.9. The molecule has 0 spiro atoms. The fourth-order valence-electron chi connectivity index (χ4n) is 2.54. The minimum Gasteiger partial charge on any atom is -0.369 e. The van der Waals surface area contributed by atoms with Crippen LogP contribution in [0.3, 0.4) is 0 Å². The summed E-state index contributed by atoms with van der Waals surface area (Å²) >= 11 is 0. The molecular formula is C13H16N4. The Morgan fingerprint density at radius 3 is 2.82 bits per heavy atom. The van der Waals surface area contributed by atoms with Crippen LogP contribution < -0.4 is 5.73 Å². The van der Waals surface area contributed by atoms with Crippen LogP contribution in [0.2, 0.25) is 0 Å². The quantitative estimate of drug-likeness (QED) is 0.788. The number of guanidine groups is 1. The van der Waals surface area contributed by atoms with Crippen LogP contribution in [0.25, 0.3) is 0 Å². The molecule has 1 aromatic carbocycles. The van der Waals surface area contributed by atoms with Crippen molar-refractivity contribution in [3.05, 3.63) is 35.9 Å². The molecule has 0 amide bonds. The minimum absolute atomic E-state index is 0.411. The van der Waals surface area contributed by atoms with Crippen LogP contribution in [0.15, 0.2) is 40.3 Å². The van der Waals surface area contributed by atoms with Crippen LogP contribution in [0, 0.1) is 0 Å². The average molecular weight is 228 g/mol. The molecule has 1 aromatic rings. The summed E-state index contributed by atoms with van der Waals surface area (Å²) in [5.74, 6) is 1.59. The van der Waals surface area contributed by atoms with Gasteiger partial charge in [0.1, 0.15) is 11.4 Å². The van der Waals surface area contributed by atoms with Crippen LogP contribution in [0.4, 0.5) is 0 Å². The number of rotatable bonds is 1. The molecular weight excluding hydrogens is 212 g/mol. The zero-order valence-corrected chi connectivity index (χ0v) is 9.93. The molecule has 88 valence electrons. The van der Waals surface area contributed by atoms with Gasteiger partial charge in [-0.05, 0) is 18.9 Å². The number of benzene rings is 1. The SMILES string of the molecule is CC1(c2ccccc2)N=C(N)N2CCCN=C21. The van der Waals surface area contributed by atoms with Gasteiger partial charge in [-0.25, -0.2) is 4.99 Å². The number of nitrogens with zero attached hydrogens (tertiary/aromatic N) is 3. The third-order valence-electron chi connectivity index (χ3n) is 3.44. The van der Waals surface area contributed by atoms with Gasteiger partial charge in [0.05, 0.1) is 0 Å². The summed E-state index contributed by atoms with van der Waals surface area (Å²) in [6.45, 7) is 3.88. The summed E-state index contributed by atoms with van der Waals surface area (Å²) in [5.41, 5.74) is 6.73. The van der Waals surface area contributed by atoms with Gasteiger partial charge in [-0.15, -0.1) is 0 Å². The average Bonchev–Trinajstić information content (AvgIpc) is 2.65. The third kappa shape index (κ3) is 1.44. The van der Waals surface area contributed by atoms with E-state index in [0.29, 0.717) is 5.96 Å². The Labute approximate surface area is 101 Å². The van der Waals surface area contributed by atoms with Crippen LogP contribution in [0.5, 0.6) is 0 Å². The number of hydrogen-bond acceptors (Lipinski definition) is 4. The maximum atomic E-state index is 6.00. The van der Waals surface area contributed by atoms with Crippen molar-refractivity contribution in [2.45, 2.75) is 18.9 Å². The number of hydrogen-bond donors (Lipinski definition) is 1. The van der Waals surface area contributed by atoms with Crippen molar-refractivity contribution in [2.24, 2.45) is 15.7 Å². The maximum Gasteiger partial charge on any atom is 0.198 e. The molecule has 4 heteroatoms. The second-order valence-electron chi connectivity index (χ2n) is 4.62. The molecule has 4 nitrogen and oxygen atoms in total. The lowest BCUT2D eigenvalue weighted by molar-refractivity contribution is 0.524. The lowest BCUT2D eigenvalue weighted by Crippen LogP contribution is -2.45. The number of nitrogens with two attached hydrogens (primary N) is 1. The molecule has 17 heavy (non-hydrogen) atoms. The van der Waals surface area contributed by atoms with E-state index in [1.165, 1.54) is 0 Å². The van der Waals surface area contributed by atoms with Gasteiger partial charge in [0, 0.05) is 13.1 Å². The Bertz CT molecular complexity index is 491. The van der Waals surface area contributed by atoms with Crippen LogP contribution in [-0.4, -0.2) is 29.8 Å². The van der Waals surface area contributed by atoms with E-state index in [4.69, 9.17) is 5.73 Å². The Balaban J connectivity index is 2.11. The largest absolute Gasteiger partial charge is 0.369 e. The Hall–Kier alpha value is -1.84. The first-order valence-corrected chi connectivity index (χ1v) is 5.95. The van der Waals surface area contributed by atoms with Crippen molar-refractivity contribution in [3.8, 4) is 0 Å². The van der Waals surface area contributed by atoms with E-state index in [-0.39, 0.29) is 0 Å². The molecule has 2 N–H and O–H groups in total. The van der Waals surface area contributed by atoms with Crippen molar-refractivity contribution >= 4 is 11.8 Å². The minimum atomic E-state index is -0.411. The molecule has 0 bridgehead atoms. The molecule has 1 atom stereocenters. The van der Waals surface area contributed by atoms with Crippen molar-refractivity contribution in [1.82, 2.24) is 4.90 Å². The molecule has 2 aliphatic rings. The predicted octanol–water partition coefficient (Wildman–Crippen LogP) is 1.33. The first-order valence-electron chi connectivity index (χ1n) is 5.95. The Kier molecular flexibility index (Phi) is 2.18. The standard InChI is InChI=1S/C13H16N4/c1-13(10-6-3-2-4-7-10)11-15-8-5-9-17(11)12(14)16-13/h2-4,6-7H,5,8-9H2,1H3,(H2,14,16). The van der Waals surface area contributed by atoms with Gasteiger partial charge >= 0.3 is 0 Å². The fraction of sp³-hybridized carbons (Fsp3) is 0.385. The second kappa shape index (κ2) is 3.58. The van der Waals surface area contributed by atoms with Crippen LogP contribution in [0.1, 0.15) is 18.9 Å². The van der Waals surface area contributed by atoms with Crippen molar-refractivity contribution in [3.63, 3.8) is 0 Å². The van der Waals surface area contributed by atoms with E-state index < -0.39 is 5.54 Å². The van der Waals surface area contributed by atoms with Gasteiger partial charge in [-0.2, -0.15) is 0 Å². The van der Waals surface area contributed by atoms with Crippen molar-refractivity contribution < 1.29 is 0 Å². The molecule has 0 fully saturated rings. The maximum absolute atomic E-state index is 6.00. The highest BCUT2D eigenvalue weighted by Gasteiger charge is 2.43. The van der Waals surface area contributed by atoms with Gasteiger partial charge < -0.3 is 5.73 Å². The van der Waals surface area contributed by atoms with Gasteiger partial charge in [-0.1, -0.05) is 30.3 Å². The summed E-state index contributed by atoms with van der Waals surface area (Å²) in [4.78, 5) is 11.3. The van der Waals surface area contributed by atoms with Gasteiger partial charge in [0.25, 0.3) is 0 Å². The fourth-order valence-corrected chi connectivity index (χ4v) is 2.54. The van der Waals surface area contributed by atoms with Gasteiger partial charge in [0.15, 0.2) is 5.96 Å². The summed E-state index contributed by atoms with van der Waals surface area (Å²) in [6.07, 6.45) is 1.05. The van der Waals surface area contributed by atoms with Gasteiger partial charge in [0.2, 0.25) is 0 Å². The van der Waals surface area contributed by atoms with E-state index >= 15 is 0 Å². The monoisotopic (exact) mass is 228 g/mol. The van der Waals surface area contributed by atoms with E-state index in [1.54, 1.807) is 0 Å². The Morgan fingerprint density at radius 2 is 2.06 bits per heavy atom. The highest BCUT2D eigenvalue weighted by molar-refractivity contribution is 6.10. The van der Waals surface area contributed by atoms with Crippen LogP contribution >= 0.6 is 0 Å². The number of aliphatic imine (C=N–C) groups is 2. The summed E-state index contributed by atoms with van der Waals surface area (Å²) in [7, 11) is 0. The molecule has 0 aliphatic carbocycles. The smallest absolute Gasteiger partial charge is 0.198 e. The first kappa shape index (κ1) is 10.3. The first-order chi connectivity index (χ1) is 8.22. The molecule has 2 aliphatic heterocycles. The lowest BCUT2D eigenvalue weighted by atomic mass is 9.91. The summed E-state index contributed by atoms with van der Waals surface area (Å²) in [5, 5.41) is 0. The molecule has 1 unspecified atom stereocenters. The van der Waals surface area contributed by atoms with E-state index in [2.05, 4.69) is 29.0 Å².